The van der Waals surface area contributed by atoms with Crippen LogP contribution in [0.1, 0.15) is 24.8 Å². The van der Waals surface area contributed by atoms with E-state index in [0.29, 0.717) is 12.3 Å². The number of carbonyl (C=O) groups is 1. The van der Waals surface area contributed by atoms with Crippen molar-refractivity contribution in [3.8, 4) is 5.75 Å². The molecule has 1 aromatic heterocycles. The number of anilines is 1. The zero-order chi connectivity index (χ0) is 18.2. The van der Waals surface area contributed by atoms with E-state index in [-0.39, 0.29) is 5.91 Å². The molecule has 1 fully saturated rings. The molecule has 3 rings (SSSR count). The van der Waals surface area contributed by atoms with Gasteiger partial charge in [0.2, 0.25) is 5.91 Å². The number of methoxy groups -OCH3 is 1. The number of carbonyl (C=O) groups excluding carboxylic acids is 1. The fraction of sp³-hybridized carbons (Fsp3) is 0.421. The third-order valence-electron chi connectivity index (χ3n) is 4.33. The van der Waals surface area contributed by atoms with Crippen LogP contribution < -0.4 is 15.0 Å². The molecule has 1 amide bonds. The molecule has 26 heavy (non-hydrogen) atoms. The van der Waals surface area contributed by atoms with Gasteiger partial charge in [-0.15, -0.1) is 0 Å². The zero-order valence-corrected chi connectivity index (χ0v) is 15.8. The lowest BCUT2D eigenvalue weighted by molar-refractivity contribution is -0.118. The van der Waals surface area contributed by atoms with Gasteiger partial charge in [-0.2, -0.15) is 0 Å². The second-order valence-electron chi connectivity index (χ2n) is 6.14. The van der Waals surface area contributed by atoms with Crippen LogP contribution in [0.2, 0.25) is 0 Å². The molecule has 2 aromatic rings. The van der Waals surface area contributed by atoms with E-state index in [2.05, 4.69) is 20.2 Å². The minimum atomic E-state index is -0.0287. The van der Waals surface area contributed by atoms with Gasteiger partial charge in [0.1, 0.15) is 22.9 Å². The van der Waals surface area contributed by atoms with Gasteiger partial charge < -0.3 is 15.0 Å². The van der Waals surface area contributed by atoms with E-state index in [1.54, 1.807) is 13.4 Å². The van der Waals surface area contributed by atoms with Crippen LogP contribution in [0.4, 0.5) is 5.82 Å². The monoisotopic (exact) mass is 372 g/mol. The van der Waals surface area contributed by atoms with Crippen LogP contribution >= 0.6 is 11.8 Å². The van der Waals surface area contributed by atoms with Crippen molar-refractivity contribution in [3.05, 3.63) is 42.2 Å². The molecule has 0 unspecified atom stereocenters. The minimum Gasteiger partial charge on any atom is -0.496 e. The number of benzene rings is 1. The SMILES string of the molecule is COc1ccccc1CNC(=O)CSc1cc(N2CCCCC2)ncn1. The maximum absolute atomic E-state index is 12.1. The standard InChI is InChI=1S/C19H24N4O2S/c1-25-16-8-4-3-7-15(16)12-20-18(24)13-26-19-11-17(21-14-22-19)23-9-5-2-6-10-23/h3-4,7-8,11,14H,2,5-6,9-10,12-13H2,1H3,(H,20,24). The molecule has 0 spiro atoms. The number of hydrogen-bond donors (Lipinski definition) is 1. The number of nitrogens with one attached hydrogen (secondary N) is 1. The van der Waals surface area contributed by atoms with E-state index in [0.717, 1.165) is 35.2 Å². The number of para-hydroxylation sites is 1. The van der Waals surface area contributed by atoms with Crippen molar-refractivity contribution >= 4 is 23.5 Å². The molecule has 2 heterocycles. The van der Waals surface area contributed by atoms with Gasteiger partial charge in [0, 0.05) is 31.3 Å². The van der Waals surface area contributed by atoms with Crippen LogP contribution in [-0.4, -0.2) is 41.8 Å². The van der Waals surface area contributed by atoms with Gasteiger partial charge in [-0.25, -0.2) is 9.97 Å². The summed E-state index contributed by atoms with van der Waals surface area (Å²) < 4.78 is 5.30. The number of rotatable bonds is 7. The average molecular weight is 372 g/mol. The van der Waals surface area contributed by atoms with Crippen LogP contribution in [0.15, 0.2) is 41.7 Å². The predicted octanol–water partition coefficient (Wildman–Crippen LogP) is 2.88. The highest BCUT2D eigenvalue weighted by molar-refractivity contribution is 7.99. The van der Waals surface area contributed by atoms with E-state index < -0.39 is 0 Å². The third kappa shape index (κ3) is 5.11. The summed E-state index contributed by atoms with van der Waals surface area (Å²) in [6, 6.07) is 9.65. The lowest BCUT2D eigenvalue weighted by atomic mass is 10.1. The fourth-order valence-corrected chi connectivity index (χ4v) is 3.63. The van der Waals surface area contributed by atoms with Crippen molar-refractivity contribution in [1.82, 2.24) is 15.3 Å². The maximum atomic E-state index is 12.1. The first-order valence-corrected chi connectivity index (χ1v) is 9.83. The van der Waals surface area contributed by atoms with Gasteiger partial charge in [0.05, 0.1) is 12.9 Å². The van der Waals surface area contributed by atoms with Gasteiger partial charge in [-0.1, -0.05) is 30.0 Å². The highest BCUT2D eigenvalue weighted by Gasteiger charge is 2.13. The number of thioether (sulfide) groups is 1. The van der Waals surface area contributed by atoms with Crippen molar-refractivity contribution < 1.29 is 9.53 Å². The normalized spacial score (nSPS) is 14.1. The molecular formula is C19H24N4O2S. The van der Waals surface area contributed by atoms with Crippen molar-refractivity contribution in [3.63, 3.8) is 0 Å². The van der Waals surface area contributed by atoms with Gasteiger partial charge >= 0.3 is 0 Å². The summed E-state index contributed by atoms with van der Waals surface area (Å²) in [5.74, 6) is 2.03. The van der Waals surface area contributed by atoms with Crippen LogP contribution in [0.3, 0.4) is 0 Å². The molecule has 1 aliphatic rings. The quantitative estimate of drug-likeness (QED) is 0.595. The Bertz CT molecular complexity index is 735. The number of piperidine rings is 1. The van der Waals surface area contributed by atoms with Crippen molar-refractivity contribution in [2.24, 2.45) is 0 Å². The molecular weight excluding hydrogens is 348 g/mol. The molecule has 1 saturated heterocycles. The van der Waals surface area contributed by atoms with E-state index in [4.69, 9.17) is 4.74 Å². The summed E-state index contributed by atoms with van der Waals surface area (Å²) in [6.07, 6.45) is 5.28. The lowest BCUT2D eigenvalue weighted by Gasteiger charge is -2.27. The van der Waals surface area contributed by atoms with Crippen LogP contribution in [0.25, 0.3) is 0 Å². The third-order valence-corrected chi connectivity index (χ3v) is 5.25. The summed E-state index contributed by atoms with van der Waals surface area (Å²) in [5, 5.41) is 3.76. The van der Waals surface area contributed by atoms with Crippen molar-refractivity contribution in [2.75, 3.05) is 30.9 Å². The Morgan fingerprint density at radius 3 is 2.85 bits per heavy atom. The second kappa shape index (κ2) is 9.43. The molecule has 7 heteroatoms. The Hall–Kier alpha value is -2.28. The Kier molecular flexibility index (Phi) is 6.71. The molecule has 0 saturated carbocycles. The second-order valence-corrected chi connectivity index (χ2v) is 7.14. The highest BCUT2D eigenvalue weighted by Crippen LogP contribution is 2.22. The lowest BCUT2D eigenvalue weighted by Crippen LogP contribution is -2.30. The van der Waals surface area contributed by atoms with E-state index >= 15 is 0 Å². The van der Waals surface area contributed by atoms with E-state index in [1.165, 1.54) is 31.0 Å². The summed E-state index contributed by atoms with van der Waals surface area (Å²) in [6.45, 7) is 2.53. The molecule has 1 N–H and O–H groups in total. The minimum absolute atomic E-state index is 0.0287. The number of amides is 1. The fourth-order valence-electron chi connectivity index (χ4n) is 2.94. The Balaban J connectivity index is 1.50. The van der Waals surface area contributed by atoms with Crippen molar-refractivity contribution in [1.29, 1.82) is 0 Å². The summed E-state index contributed by atoms with van der Waals surface area (Å²) in [7, 11) is 1.63. The zero-order valence-electron chi connectivity index (χ0n) is 15.0. The summed E-state index contributed by atoms with van der Waals surface area (Å²) >= 11 is 1.43. The van der Waals surface area contributed by atoms with Crippen LogP contribution in [0.5, 0.6) is 5.75 Å². The molecule has 0 bridgehead atoms. The summed E-state index contributed by atoms with van der Waals surface area (Å²) in [4.78, 5) is 23.1. The topological polar surface area (TPSA) is 67.3 Å². The van der Waals surface area contributed by atoms with Gasteiger partial charge in [0.25, 0.3) is 0 Å². The molecule has 0 atom stereocenters. The maximum Gasteiger partial charge on any atom is 0.230 e. The molecule has 1 aliphatic heterocycles. The van der Waals surface area contributed by atoms with E-state index in [9.17, 15) is 4.79 Å². The number of hydrogen-bond acceptors (Lipinski definition) is 6. The average Bonchev–Trinajstić information content (AvgIpc) is 2.71. The molecule has 1 aromatic carbocycles. The largest absolute Gasteiger partial charge is 0.496 e. The first-order valence-electron chi connectivity index (χ1n) is 8.84. The van der Waals surface area contributed by atoms with Gasteiger partial charge in [-0.3, -0.25) is 4.79 Å². The first-order chi connectivity index (χ1) is 12.8. The van der Waals surface area contributed by atoms with Crippen LogP contribution in [-0.2, 0) is 11.3 Å². The highest BCUT2D eigenvalue weighted by atomic mass is 32.2. The Labute approximate surface area is 158 Å². The van der Waals surface area contributed by atoms with Gasteiger partial charge in [0.15, 0.2) is 0 Å². The Morgan fingerprint density at radius 2 is 2.04 bits per heavy atom. The van der Waals surface area contributed by atoms with Crippen LogP contribution in [0, 0.1) is 0 Å². The number of ether oxygens (including phenoxy) is 1. The molecule has 0 radical (unpaired) electrons. The molecule has 0 aliphatic carbocycles. The number of nitrogens with zero attached hydrogens (tertiary/aromatic N) is 3. The molecule has 6 nitrogen and oxygen atoms in total. The smallest absolute Gasteiger partial charge is 0.230 e. The number of aromatic nitrogens is 2. The summed E-state index contributed by atoms with van der Waals surface area (Å²) in [5.41, 5.74) is 0.961. The van der Waals surface area contributed by atoms with E-state index in [1.807, 2.05) is 30.3 Å². The first kappa shape index (κ1) is 18.5. The Morgan fingerprint density at radius 1 is 1.23 bits per heavy atom. The predicted molar refractivity (Wildman–Crippen MR) is 104 cm³/mol. The van der Waals surface area contributed by atoms with Crippen molar-refractivity contribution in [2.45, 2.75) is 30.8 Å². The van der Waals surface area contributed by atoms with Gasteiger partial charge in [-0.05, 0) is 25.3 Å². The molecule has 138 valence electrons.